The van der Waals surface area contributed by atoms with Gasteiger partial charge in [0.05, 0.1) is 6.10 Å². The van der Waals surface area contributed by atoms with Crippen LogP contribution in [0.1, 0.15) is 51.0 Å². The van der Waals surface area contributed by atoms with Gasteiger partial charge in [-0.05, 0) is 49.3 Å². The van der Waals surface area contributed by atoms with Gasteiger partial charge in [0.2, 0.25) is 0 Å². The second-order valence-corrected chi connectivity index (χ2v) is 6.67. The van der Waals surface area contributed by atoms with E-state index in [9.17, 15) is 9.90 Å². The number of aliphatic hydroxyl groups excluding tert-OH is 1. The van der Waals surface area contributed by atoms with Crippen LogP contribution in [0.4, 0.5) is 0 Å². The van der Waals surface area contributed by atoms with Crippen molar-refractivity contribution >= 4 is 17.4 Å². The van der Waals surface area contributed by atoms with E-state index in [1.807, 2.05) is 38.1 Å². The molecular weight excluding hydrogens is 272 g/mol. The van der Waals surface area contributed by atoms with Gasteiger partial charge in [0.1, 0.15) is 5.78 Å². The molecular formula is C17H23ClO2. The molecule has 1 unspecified atom stereocenters. The van der Waals surface area contributed by atoms with Gasteiger partial charge in [-0.2, -0.15) is 0 Å². The van der Waals surface area contributed by atoms with Crippen molar-refractivity contribution in [2.24, 2.45) is 11.8 Å². The predicted octanol–water partition coefficient (Wildman–Crippen LogP) is 4.20. The summed E-state index contributed by atoms with van der Waals surface area (Å²) in [6.07, 6.45) is 3.38. The molecule has 0 amide bonds. The average molecular weight is 295 g/mol. The van der Waals surface area contributed by atoms with Crippen molar-refractivity contribution in [2.75, 3.05) is 0 Å². The zero-order valence-corrected chi connectivity index (χ0v) is 12.9. The van der Waals surface area contributed by atoms with E-state index < -0.39 is 0 Å². The summed E-state index contributed by atoms with van der Waals surface area (Å²) in [7, 11) is 0. The van der Waals surface area contributed by atoms with Gasteiger partial charge in [0, 0.05) is 16.9 Å². The van der Waals surface area contributed by atoms with Gasteiger partial charge in [-0.1, -0.05) is 37.6 Å². The molecule has 0 bridgehead atoms. The number of benzene rings is 1. The Bertz CT molecular complexity index is 453. The van der Waals surface area contributed by atoms with E-state index in [-0.39, 0.29) is 23.7 Å². The minimum atomic E-state index is -0.181. The van der Waals surface area contributed by atoms with Crippen LogP contribution in [0.25, 0.3) is 0 Å². The van der Waals surface area contributed by atoms with Crippen LogP contribution in [0, 0.1) is 11.8 Å². The van der Waals surface area contributed by atoms with E-state index in [0.29, 0.717) is 10.9 Å². The first kappa shape index (κ1) is 15.5. The smallest absolute Gasteiger partial charge is 0.142 e. The summed E-state index contributed by atoms with van der Waals surface area (Å²) < 4.78 is 0. The van der Waals surface area contributed by atoms with Crippen LogP contribution < -0.4 is 0 Å². The number of hydrogen-bond donors (Lipinski definition) is 1. The summed E-state index contributed by atoms with van der Waals surface area (Å²) in [4.78, 5) is 12.5. The molecule has 0 radical (unpaired) electrons. The molecule has 0 aliphatic heterocycles. The van der Waals surface area contributed by atoms with Crippen molar-refractivity contribution < 1.29 is 9.90 Å². The fourth-order valence-electron chi connectivity index (χ4n) is 3.11. The molecule has 1 aliphatic rings. The SMILES string of the molecule is CC(C)C(=O)[C@@H](CC1CC[C@@H](O)C1)c1ccc(Cl)cc1. The summed E-state index contributed by atoms with van der Waals surface area (Å²) in [5.74, 6) is 0.701. The third-order valence-electron chi connectivity index (χ3n) is 4.27. The summed E-state index contributed by atoms with van der Waals surface area (Å²) in [6, 6.07) is 7.61. The number of carbonyl (C=O) groups is 1. The molecule has 0 spiro atoms. The third kappa shape index (κ3) is 3.83. The van der Waals surface area contributed by atoms with Crippen LogP contribution in [-0.4, -0.2) is 17.0 Å². The molecule has 1 fully saturated rings. The lowest BCUT2D eigenvalue weighted by Crippen LogP contribution is -2.20. The number of carbonyl (C=O) groups excluding carboxylic acids is 1. The van der Waals surface area contributed by atoms with Gasteiger partial charge in [0.25, 0.3) is 0 Å². The Morgan fingerprint density at radius 2 is 1.95 bits per heavy atom. The Kier molecular flexibility index (Phi) is 5.22. The largest absolute Gasteiger partial charge is 0.393 e. The molecule has 3 atom stereocenters. The summed E-state index contributed by atoms with van der Waals surface area (Å²) in [5.41, 5.74) is 1.05. The van der Waals surface area contributed by atoms with E-state index in [4.69, 9.17) is 11.6 Å². The Hall–Kier alpha value is -0.860. The van der Waals surface area contributed by atoms with Crippen molar-refractivity contribution in [3.05, 3.63) is 34.9 Å². The van der Waals surface area contributed by atoms with E-state index >= 15 is 0 Å². The van der Waals surface area contributed by atoms with Gasteiger partial charge in [-0.15, -0.1) is 0 Å². The van der Waals surface area contributed by atoms with Crippen LogP contribution in [-0.2, 0) is 4.79 Å². The van der Waals surface area contributed by atoms with Crippen LogP contribution in [0.15, 0.2) is 24.3 Å². The lowest BCUT2D eigenvalue weighted by atomic mass is 9.81. The summed E-state index contributed by atoms with van der Waals surface area (Å²) >= 11 is 5.93. The van der Waals surface area contributed by atoms with Crippen molar-refractivity contribution in [3.63, 3.8) is 0 Å². The number of rotatable bonds is 5. The highest BCUT2D eigenvalue weighted by Gasteiger charge is 2.30. The molecule has 1 N–H and O–H groups in total. The normalized spacial score (nSPS) is 24.1. The lowest BCUT2D eigenvalue weighted by Gasteiger charge is -2.22. The fourth-order valence-corrected chi connectivity index (χ4v) is 3.24. The summed E-state index contributed by atoms with van der Waals surface area (Å²) in [6.45, 7) is 3.91. The third-order valence-corrected chi connectivity index (χ3v) is 4.52. The van der Waals surface area contributed by atoms with Crippen LogP contribution in [0.5, 0.6) is 0 Å². The molecule has 2 nitrogen and oxygen atoms in total. The molecule has 2 rings (SSSR count). The van der Waals surface area contributed by atoms with Gasteiger partial charge in [-0.25, -0.2) is 0 Å². The molecule has 110 valence electrons. The number of halogens is 1. The first-order chi connectivity index (χ1) is 9.47. The van der Waals surface area contributed by atoms with E-state index in [1.54, 1.807) is 0 Å². The van der Waals surface area contributed by atoms with Crippen LogP contribution >= 0.6 is 11.6 Å². The molecule has 20 heavy (non-hydrogen) atoms. The van der Waals surface area contributed by atoms with Gasteiger partial charge < -0.3 is 5.11 Å². The highest BCUT2D eigenvalue weighted by Crippen LogP contribution is 2.36. The van der Waals surface area contributed by atoms with Crippen molar-refractivity contribution in [2.45, 2.75) is 51.6 Å². The van der Waals surface area contributed by atoms with E-state index in [0.717, 1.165) is 31.2 Å². The Morgan fingerprint density at radius 1 is 1.30 bits per heavy atom. The Labute approximate surface area is 126 Å². The number of Topliss-reactive ketones (excluding diaryl/α,β-unsaturated/α-hetero) is 1. The van der Waals surface area contributed by atoms with E-state index in [2.05, 4.69) is 0 Å². The van der Waals surface area contributed by atoms with Crippen LogP contribution in [0.2, 0.25) is 5.02 Å². The van der Waals surface area contributed by atoms with Gasteiger partial charge >= 0.3 is 0 Å². The number of hydrogen-bond acceptors (Lipinski definition) is 2. The molecule has 3 heteroatoms. The minimum absolute atomic E-state index is 0.0296. The molecule has 0 heterocycles. The minimum Gasteiger partial charge on any atom is -0.393 e. The summed E-state index contributed by atoms with van der Waals surface area (Å²) in [5, 5.41) is 10.4. The predicted molar refractivity (Wildman–Crippen MR) is 82.0 cm³/mol. The number of aliphatic hydroxyl groups is 1. The Morgan fingerprint density at radius 3 is 2.45 bits per heavy atom. The van der Waals surface area contributed by atoms with E-state index in [1.165, 1.54) is 0 Å². The topological polar surface area (TPSA) is 37.3 Å². The van der Waals surface area contributed by atoms with Crippen molar-refractivity contribution in [3.8, 4) is 0 Å². The molecule has 1 aromatic carbocycles. The number of ketones is 1. The van der Waals surface area contributed by atoms with Gasteiger partial charge in [0.15, 0.2) is 0 Å². The highest BCUT2D eigenvalue weighted by molar-refractivity contribution is 6.30. The molecule has 1 aromatic rings. The first-order valence-corrected chi connectivity index (χ1v) is 7.82. The molecule has 1 saturated carbocycles. The maximum atomic E-state index is 12.5. The second kappa shape index (κ2) is 6.73. The Balaban J connectivity index is 2.16. The van der Waals surface area contributed by atoms with Crippen molar-refractivity contribution in [1.82, 2.24) is 0 Å². The maximum Gasteiger partial charge on any atom is 0.142 e. The monoisotopic (exact) mass is 294 g/mol. The second-order valence-electron chi connectivity index (χ2n) is 6.23. The molecule has 1 aliphatic carbocycles. The lowest BCUT2D eigenvalue weighted by molar-refractivity contribution is -0.123. The standard InChI is InChI=1S/C17H23ClO2/c1-11(2)17(20)16(10-12-3-8-15(19)9-12)13-4-6-14(18)7-5-13/h4-7,11-12,15-16,19H,3,8-10H2,1-2H3/t12?,15-,16+/m1/s1. The zero-order chi connectivity index (χ0) is 14.7. The zero-order valence-electron chi connectivity index (χ0n) is 12.2. The first-order valence-electron chi connectivity index (χ1n) is 7.44. The highest BCUT2D eigenvalue weighted by atomic mass is 35.5. The average Bonchev–Trinajstić information content (AvgIpc) is 2.82. The van der Waals surface area contributed by atoms with Crippen LogP contribution in [0.3, 0.4) is 0 Å². The van der Waals surface area contributed by atoms with Gasteiger partial charge in [-0.3, -0.25) is 4.79 Å². The maximum absolute atomic E-state index is 12.5. The van der Waals surface area contributed by atoms with Crippen molar-refractivity contribution in [1.29, 1.82) is 0 Å². The fraction of sp³-hybridized carbons (Fsp3) is 0.588. The quantitative estimate of drug-likeness (QED) is 0.883. The molecule has 0 saturated heterocycles. The molecule has 0 aromatic heterocycles.